The number of amides is 1. The third kappa shape index (κ3) is 5.97. The van der Waals surface area contributed by atoms with E-state index in [-0.39, 0.29) is 5.91 Å². The van der Waals surface area contributed by atoms with Crippen LogP contribution in [0, 0.1) is 0 Å². The van der Waals surface area contributed by atoms with E-state index >= 15 is 0 Å². The number of carbonyl (C=O) groups excluding carboxylic acids is 1. The Hall–Kier alpha value is -0.580. The van der Waals surface area contributed by atoms with Crippen LogP contribution in [0.25, 0.3) is 0 Å². The Balaban J connectivity index is 2.64. The van der Waals surface area contributed by atoms with Gasteiger partial charge in [0.1, 0.15) is 0 Å². The number of hydrogen-bond acceptors (Lipinski definition) is 2. The minimum Gasteiger partial charge on any atom is -0.339 e. The summed E-state index contributed by atoms with van der Waals surface area (Å²) in [6.45, 7) is 10.9. The molecule has 0 heterocycles. The molecule has 0 atom stereocenters. The van der Waals surface area contributed by atoms with E-state index in [2.05, 4.69) is 34.7 Å². The molecule has 118 valence electrons. The van der Waals surface area contributed by atoms with Crippen molar-refractivity contribution in [3.63, 3.8) is 0 Å². The first-order valence-electron chi connectivity index (χ1n) is 7.49. The molecule has 1 aromatic carbocycles. The van der Waals surface area contributed by atoms with Crippen LogP contribution in [-0.2, 0) is 0 Å². The van der Waals surface area contributed by atoms with Crippen LogP contribution in [0.15, 0.2) is 22.7 Å². The molecule has 1 aromatic rings. The quantitative estimate of drug-likeness (QED) is 0.676. The van der Waals surface area contributed by atoms with Crippen LogP contribution in [0.5, 0.6) is 0 Å². The summed E-state index contributed by atoms with van der Waals surface area (Å²) in [6.07, 6.45) is 0.989. The monoisotopic (exact) mass is 374 g/mol. The van der Waals surface area contributed by atoms with Crippen molar-refractivity contribution in [3.8, 4) is 0 Å². The molecule has 0 aliphatic rings. The lowest BCUT2D eigenvalue weighted by atomic mass is 10.2. The molecule has 1 amide bonds. The summed E-state index contributed by atoms with van der Waals surface area (Å²) in [5.74, 6) is 0.0419. The number of benzene rings is 1. The summed E-state index contributed by atoms with van der Waals surface area (Å²) >= 11 is 9.40. The highest BCUT2D eigenvalue weighted by molar-refractivity contribution is 9.10. The van der Waals surface area contributed by atoms with Gasteiger partial charge in [0.25, 0.3) is 5.91 Å². The topological polar surface area (TPSA) is 23.6 Å². The van der Waals surface area contributed by atoms with E-state index in [4.69, 9.17) is 11.6 Å². The average molecular weight is 376 g/mol. The number of hydrogen-bond donors (Lipinski definition) is 0. The zero-order chi connectivity index (χ0) is 15.8. The molecule has 0 fully saturated rings. The Kier molecular flexibility index (Phi) is 8.30. The third-order valence-electron chi connectivity index (χ3n) is 3.58. The minimum atomic E-state index is 0.0419. The number of carbonyl (C=O) groups is 1. The SMILES string of the molecule is CCN(CC)CCCN(CC)C(=O)c1cc(Cl)cc(Br)c1. The molecule has 1 rings (SSSR count). The molecule has 5 heteroatoms. The summed E-state index contributed by atoms with van der Waals surface area (Å²) < 4.78 is 0.831. The fourth-order valence-corrected chi connectivity index (χ4v) is 3.15. The van der Waals surface area contributed by atoms with E-state index in [1.54, 1.807) is 12.1 Å². The van der Waals surface area contributed by atoms with Crippen LogP contribution in [0.2, 0.25) is 5.02 Å². The van der Waals surface area contributed by atoms with Gasteiger partial charge >= 0.3 is 0 Å². The van der Waals surface area contributed by atoms with Crippen molar-refractivity contribution >= 4 is 33.4 Å². The Morgan fingerprint density at radius 3 is 2.29 bits per heavy atom. The van der Waals surface area contributed by atoms with Gasteiger partial charge in [0.15, 0.2) is 0 Å². The minimum absolute atomic E-state index is 0.0419. The van der Waals surface area contributed by atoms with Crippen LogP contribution in [0.3, 0.4) is 0 Å². The van der Waals surface area contributed by atoms with Crippen molar-refractivity contribution in [1.82, 2.24) is 9.80 Å². The third-order valence-corrected chi connectivity index (χ3v) is 4.25. The number of rotatable bonds is 8. The van der Waals surface area contributed by atoms with E-state index in [1.807, 2.05) is 17.9 Å². The maximum absolute atomic E-state index is 12.5. The van der Waals surface area contributed by atoms with Gasteiger partial charge in [-0.15, -0.1) is 0 Å². The molecule has 0 saturated carbocycles. The van der Waals surface area contributed by atoms with Crippen molar-refractivity contribution in [1.29, 1.82) is 0 Å². The van der Waals surface area contributed by atoms with Crippen LogP contribution in [-0.4, -0.2) is 48.4 Å². The zero-order valence-electron chi connectivity index (χ0n) is 13.0. The summed E-state index contributed by atoms with van der Waals surface area (Å²) in [6, 6.07) is 5.33. The average Bonchev–Trinajstić information content (AvgIpc) is 2.46. The van der Waals surface area contributed by atoms with Gasteiger partial charge in [0, 0.05) is 28.1 Å². The molecule has 0 unspecified atom stereocenters. The van der Waals surface area contributed by atoms with Crippen molar-refractivity contribution in [3.05, 3.63) is 33.3 Å². The van der Waals surface area contributed by atoms with E-state index in [1.165, 1.54) is 0 Å². The molecule has 0 aromatic heterocycles. The predicted molar refractivity (Wildman–Crippen MR) is 93.1 cm³/mol. The second kappa shape index (κ2) is 9.44. The Bertz CT molecular complexity index is 443. The predicted octanol–water partition coefficient (Wildman–Crippen LogP) is 4.30. The van der Waals surface area contributed by atoms with E-state index in [9.17, 15) is 4.79 Å². The molecular formula is C16H24BrClN2O. The molecule has 0 aliphatic heterocycles. The van der Waals surface area contributed by atoms with Crippen LogP contribution in [0.1, 0.15) is 37.6 Å². The van der Waals surface area contributed by atoms with Crippen LogP contribution < -0.4 is 0 Å². The highest BCUT2D eigenvalue weighted by Gasteiger charge is 2.15. The van der Waals surface area contributed by atoms with Gasteiger partial charge in [-0.1, -0.05) is 41.4 Å². The number of halogens is 2. The molecule has 21 heavy (non-hydrogen) atoms. The summed E-state index contributed by atoms with van der Waals surface area (Å²) in [5.41, 5.74) is 0.638. The van der Waals surface area contributed by atoms with Gasteiger partial charge in [-0.2, -0.15) is 0 Å². The first-order chi connectivity index (χ1) is 10.0. The van der Waals surface area contributed by atoms with Gasteiger partial charge in [0.2, 0.25) is 0 Å². The van der Waals surface area contributed by atoms with E-state index in [0.29, 0.717) is 17.1 Å². The van der Waals surface area contributed by atoms with E-state index < -0.39 is 0 Å². The number of nitrogens with zero attached hydrogens (tertiary/aromatic N) is 2. The van der Waals surface area contributed by atoms with Crippen LogP contribution >= 0.6 is 27.5 Å². The van der Waals surface area contributed by atoms with Crippen molar-refractivity contribution < 1.29 is 4.79 Å². The molecule has 0 aliphatic carbocycles. The summed E-state index contributed by atoms with van der Waals surface area (Å²) in [4.78, 5) is 16.8. The normalized spacial score (nSPS) is 11.0. The van der Waals surface area contributed by atoms with Crippen molar-refractivity contribution in [2.24, 2.45) is 0 Å². The second-order valence-corrected chi connectivity index (χ2v) is 6.28. The second-order valence-electron chi connectivity index (χ2n) is 4.92. The molecule has 0 radical (unpaired) electrons. The van der Waals surface area contributed by atoms with E-state index in [0.717, 1.165) is 37.1 Å². The highest BCUT2D eigenvalue weighted by Crippen LogP contribution is 2.20. The molecule has 0 saturated heterocycles. The lowest BCUT2D eigenvalue weighted by Gasteiger charge is -2.24. The molecular weight excluding hydrogens is 352 g/mol. The van der Waals surface area contributed by atoms with Gasteiger partial charge in [0.05, 0.1) is 0 Å². The lowest BCUT2D eigenvalue weighted by molar-refractivity contribution is 0.0757. The van der Waals surface area contributed by atoms with Gasteiger partial charge in [-0.05, 0) is 51.2 Å². The Morgan fingerprint density at radius 1 is 1.10 bits per heavy atom. The smallest absolute Gasteiger partial charge is 0.253 e. The van der Waals surface area contributed by atoms with Crippen LogP contribution in [0.4, 0.5) is 0 Å². The zero-order valence-corrected chi connectivity index (χ0v) is 15.4. The van der Waals surface area contributed by atoms with Crippen molar-refractivity contribution in [2.75, 3.05) is 32.7 Å². The first kappa shape index (κ1) is 18.5. The molecule has 0 bridgehead atoms. The summed E-state index contributed by atoms with van der Waals surface area (Å²) in [5, 5.41) is 0.576. The Morgan fingerprint density at radius 2 is 1.76 bits per heavy atom. The van der Waals surface area contributed by atoms with Crippen molar-refractivity contribution in [2.45, 2.75) is 27.2 Å². The largest absolute Gasteiger partial charge is 0.339 e. The molecule has 0 spiro atoms. The fraction of sp³-hybridized carbons (Fsp3) is 0.562. The van der Waals surface area contributed by atoms with Gasteiger partial charge in [-0.25, -0.2) is 0 Å². The lowest BCUT2D eigenvalue weighted by Crippen LogP contribution is -2.34. The van der Waals surface area contributed by atoms with Gasteiger partial charge < -0.3 is 9.80 Å². The molecule has 0 N–H and O–H groups in total. The molecule has 3 nitrogen and oxygen atoms in total. The maximum Gasteiger partial charge on any atom is 0.253 e. The summed E-state index contributed by atoms with van der Waals surface area (Å²) in [7, 11) is 0. The van der Waals surface area contributed by atoms with Gasteiger partial charge in [-0.3, -0.25) is 4.79 Å². The first-order valence-corrected chi connectivity index (χ1v) is 8.66. The standard InChI is InChI=1S/C16H24BrClN2O/c1-4-19(5-2)8-7-9-20(6-3)16(21)13-10-14(17)12-15(18)11-13/h10-12H,4-9H2,1-3H3. The maximum atomic E-state index is 12.5. The highest BCUT2D eigenvalue weighted by atomic mass is 79.9. The Labute approximate surface area is 141 Å². The fourth-order valence-electron chi connectivity index (χ4n) is 2.29.